The Hall–Kier alpha value is -4.14. The summed E-state index contributed by atoms with van der Waals surface area (Å²) in [4.78, 5) is 30.1. The fraction of sp³-hybridized carbons (Fsp3) is 0.278. The van der Waals surface area contributed by atoms with E-state index in [-0.39, 0.29) is 34.5 Å². The number of benzene rings is 4. The van der Waals surface area contributed by atoms with Crippen LogP contribution in [0.1, 0.15) is 43.0 Å². The summed E-state index contributed by atoms with van der Waals surface area (Å²) >= 11 is 6.55. The zero-order chi connectivity index (χ0) is 32.8. The van der Waals surface area contributed by atoms with Crippen LogP contribution in [0.25, 0.3) is 0 Å². The van der Waals surface area contributed by atoms with Crippen LogP contribution >= 0.6 is 11.6 Å². The molecule has 0 saturated heterocycles. The Morgan fingerprint density at radius 1 is 0.822 bits per heavy atom. The minimum Gasteiger partial charge on any atom is -0.350 e. The molecule has 9 heteroatoms. The van der Waals surface area contributed by atoms with Gasteiger partial charge in [-0.2, -0.15) is 0 Å². The summed E-state index contributed by atoms with van der Waals surface area (Å²) in [6.07, 6.45) is 0.233. The first-order valence-corrected chi connectivity index (χ1v) is 16.6. The first-order chi connectivity index (χ1) is 21.3. The second-order valence-electron chi connectivity index (χ2n) is 12.2. The Morgan fingerprint density at radius 2 is 1.42 bits per heavy atom. The van der Waals surface area contributed by atoms with E-state index in [1.54, 1.807) is 36.4 Å². The fourth-order valence-corrected chi connectivity index (χ4v) is 6.70. The molecule has 0 saturated carbocycles. The highest BCUT2D eigenvalue weighted by atomic mass is 35.5. The molecule has 4 aromatic carbocycles. The van der Waals surface area contributed by atoms with Gasteiger partial charge in [0.05, 0.1) is 15.6 Å². The number of nitrogens with zero attached hydrogens (tertiary/aromatic N) is 2. The van der Waals surface area contributed by atoms with Gasteiger partial charge in [-0.1, -0.05) is 96.0 Å². The predicted octanol–water partition coefficient (Wildman–Crippen LogP) is 6.71. The molecule has 0 bridgehead atoms. The van der Waals surface area contributed by atoms with Gasteiger partial charge >= 0.3 is 0 Å². The molecule has 0 heterocycles. The summed E-state index contributed by atoms with van der Waals surface area (Å²) in [5.41, 5.74) is 3.15. The van der Waals surface area contributed by atoms with E-state index in [9.17, 15) is 18.0 Å². The quantitative estimate of drug-likeness (QED) is 0.197. The van der Waals surface area contributed by atoms with Gasteiger partial charge in [0.1, 0.15) is 12.6 Å². The van der Waals surface area contributed by atoms with Crippen LogP contribution in [-0.4, -0.2) is 43.3 Å². The van der Waals surface area contributed by atoms with Crippen LogP contribution in [-0.2, 0) is 32.6 Å². The molecule has 0 aliphatic rings. The molecule has 0 unspecified atom stereocenters. The summed E-state index contributed by atoms with van der Waals surface area (Å²) in [7, 11) is -4.24. The van der Waals surface area contributed by atoms with Crippen LogP contribution in [0.2, 0.25) is 5.02 Å². The average Bonchev–Trinajstić information content (AvgIpc) is 2.98. The lowest BCUT2D eigenvalue weighted by Gasteiger charge is -2.35. The van der Waals surface area contributed by atoms with E-state index in [0.717, 1.165) is 26.6 Å². The van der Waals surface area contributed by atoms with Gasteiger partial charge in [-0.05, 0) is 75.6 Å². The summed E-state index contributed by atoms with van der Waals surface area (Å²) < 4.78 is 29.4. The molecule has 0 fully saturated rings. The molecule has 0 aromatic heterocycles. The van der Waals surface area contributed by atoms with Gasteiger partial charge in [0.25, 0.3) is 10.0 Å². The molecule has 4 rings (SSSR count). The van der Waals surface area contributed by atoms with Crippen LogP contribution in [0.4, 0.5) is 5.69 Å². The summed E-state index contributed by atoms with van der Waals surface area (Å²) in [5, 5.41) is 3.22. The Morgan fingerprint density at radius 3 is 2.04 bits per heavy atom. The number of aryl methyl sites for hydroxylation is 2. The number of sulfonamides is 1. The number of hydrogen-bond donors (Lipinski definition) is 1. The monoisotopic (exact) mass is 645 g/mol. The van der Waals surface area contributed by atoms with E-state index in [1.807, 2.05) is 89.2 Å². The van der Waals surface area contributed by atoms with Crippen LogP contribution in [0.3, 0.4) is 0 Å². The maximum atomic E-state index is 14.6. The van der Waals surface area contributed by atoms with Gasteiger partial charge < -0.3 is 10.2 Å². The van der Waals surface area contributed by atoms with Crippen molar-refractivity contribution in [2.75, 3.05) is 10.8 Å². The third-order valence-electron chi connectivity index (χ3n) is 7.38. The topological polar surface area (TPSA) is 86.8 Å². The second kappa shape index (κ2) is 14.3. The van der Waals surface area contributed by atoms with Crippen LogP contribution in [0.5, 0.6) is 0 Å². The number of amides is 2. The van der Waals surface area contributed by atoms with Crippen molar-refractivity contribution in [1.82, 2.24) is 10.2 Å². The van der Waals surface area contributed by atoms with Gasteiger partial charge in [0, 0.05) is 18.5 Å². The Balaban J connectivity index is 1.84. The van der Waals surface area contributed by atoms with E-state index >= 15 is 0 Å². The molecule has 7 nitrogen and oxygen atoms in total. The maximum absolute atomic E-state index is 14.6. The average molecular weight is 646 g/mol. The standard InChI is InChI=1S/C36H40ClN3O4S/c1-26-19-21-30(22-20-26)45(43,44)40(32-18-12-11-17-31(32)37)25-34(41)39(24-29-16-10-9-13-27(29)2)33(35(42)38-36(3,4)5)23-28-14-7-6-8-15-28/h6-22,33H,23-25H2,1-5H3,(H,38,42)/t33-/m1/s1. The number of carbonyl (C=O) groups excluding carboxylic acids is 2. The van der Waals surface area contributed by atoms with Crippen molar-refractivity contribution in [3.63, 3.8) is 0 Å². The first kappa shape index (κ1) is 33.7. The number of halogens is 1. The molecule has 1 atom stereocenters. The van der Waals surface area contributed by atoms with Gasteiger partial charge in [-0.3, -0.25) is 13.9 Å². The summed E-state index contributed by atoms with van der Waals surface area (Å²) in [6.45, 7) is 8.98. The molecular weight excluding hydrogens is 606 g/mol. The van der Waals surface area contributed by atoms with Crippen molar-refractivity contribution in [2.45, 2.75) is 64.1 Å². The normalized spacial score (nSPS) is 12.3. The summed E-state index contributed by atoms with van der Waals surface area (Å²) in [6, 6.07) is 29.1. The van der Waals surface area contributed by atoms with Crippen molar-refractivity contribution in [3.8, 4) is 0 Å². The molecule has 236 valence electrons. The molecule has 2 amide bonds. The van der Waals surface area contributed by atoms with E-state index < -0.39 is 34.1 Å². The minimum absolute atomic E-state index is 0.0255. The summed E-state index contributed by atoms with van der Waals surface area (Å²) in [5.74, 6) is -0.877. The highest BCUT2D eigenvalue weighted by Crippen LogP contribution is 2.31. The van der Waals surface area contributed by atoms with Gasteiger partial charge in [-0.15, -0.1) is 0 Å². The number of anilines is 1. The number of hydrogen-bond acceptors (Lipinski definition) is 4. The maximum Gasteiger partial charge on any atom is 0.264 e. The van der Waals surface area contributed by atoms with Crippen molar-refractivity contribution in [3.05, 3.63) is 130 Å². The van der Waals surface area contributed by atoms with Gasteiger partial charge in [0.15, 0.2) is 0 Å². The third kappa shape index (κ3) is 8.74. The van der Waals surface area contributed by atoms with Crippen molar-refractivity contribution in [1.29, 1.82) is 0 Å². The lowest BCUT2D eigenvalue weighted by atomic mass is 10.00. The number of rotatable bonds is 11. The fourth-order valence-electron chi connectivity index (χ4n) is 4.98. The lowest BCUT2D eigenvalue weighted by Crippen LogP contribution is -2.56. The van der Waals surface area contributed by atoms with Crippen LogP contribution in [0.15, 0.2) is 108 Å². The lowest BCUT2D eigenvalue weighted by molar-refractivity contribution is -0.140. The highest BCUT2D eigenvalue weighted by Gasteiger charge is 2.36. The predicted molar refractivity (Wildman–Crippen MR) is 181 cm³/mol. The molecule has 1 N–H and O–H groups in total. The highest BCUT2D eigenvalue weighted by molar-refractivity contribution is 7.92. The molecule has 4 aromatic rings. The van der Waals surface area contributed by atoms with Crippen molar-refractivity contribution in [2.24, 2.45) is 0 Å². The van der Waals surface area contributed by atoms with Crippen LogP contribution in [0, 0.1) is 13.8 Å². The zero-order valence-electron chi connectivity index (χ0n) is 26.3. The van der Waals surface area contributed by atoms with E-state index in [4.69, 9.17) is 11.6 Å². The molecular formula is C36H40ClN3O4S. The van der Waals surface area contributed by atoms with E-state index in [2.05, 4.69) is 5.32 Å². The van der Waals surface area contributed by atoms with Gasteiger partial charge in [-0.25, -0.2) is 8.42 Å². The zero-order valence-corrected chi connectivity index (χ0v) is 27.9. The molecule has 0 aliphatic carbocycles. The second-order valence-corrected chi connectivity index (χ2v) is 14.4. The van der Waals surface area contributed by atoms with Crippen molar-refractivity contribution < 1.29 is 18.0 Å². The Kier molecular flexibility index (Phi) is 10.7. The molecule has 0 radical (unpaired) electrons. The molecule has 45 heavy (non-hydrogen) atoms. The smallest absolute Gasteiger partial charge is 0.264 e. The van der Waals surface area contributed by atoms with Crippen molar-refractivity contribution >= 4 is 39.1 Å². The van der Waals surface area contributed by atoms with Crippen LogP contribution < -0.4 is 9.62 Å². The van der Waals surface area contributed by atoms with E-state index in [0.29, 0.717) is 0 Å². The SMILES string of the molecule is Cc1ccc(S(=O)(=O)N(CC(=O)N(Cc2ccccc2C)[C@H](Cc2ccccc2)C(=O)NC(C)(C)C)c2ccccc2Cl)cc1. The number of nitrogens with one attached hydrogen (secondary N) is 1. The Labute approximate surface area is 271 Å². The minimum atomic E-state index is -4.24. The molecule has 0 aliphatic heterocycles. The van der Waals surface area contributed by atoms with E-state index in [1.165, 1.54) is 17.0 Å². The number of carbonyl (C=O) groups is 2. The number of para-hydroxylation sites is 1. The largest absolute Gasteiger partial charge is 0.350 e. The third-order valence-corrected chi connectivity index (χ3v) is 9.47. The molecule has 0 spiro atoms. The first-order valence-electron chi connectivity index (χ1n) is 14.8. The van der Waals surface area contributed by atoms with Gasteiger partial charge in [0.2, 0.25) is 11.8 Å². The Bertz CT molecular complexity index is 1740.